The van der Waals surface area contributed by atoms with Crippen LogP contribution in [0.5, 0.6) is 11.5 Å². The first kappa shape index (κ1) is 16.7. The van der Waals surface area contributed by atoms with Gasteiger partial charge in [-0.05, 0) is 57.1 Å². The fourth-order valence-electron chi connectivity index (χ4n) is 3.58. The van der Waals surface area contributed by atoms with E-state index in [4.69, 9.17) is 9.47 Å². The molecule has 2 fully saturated rings. The Balaban J connectivity index is 1.39. The topological polar surface area (TPSA) is 45.2 Å². The van der Waals surface area contributed by atoms with Crippen LogP contribution in [-0.2, 0) is 11.3 Å². The van der Waals surface area contributed by atoms with E-state index in [1.165, 1.54) is 0 Å². The van der Waals surface area contributed by atoms with Crippen LogP contribution in [0.2, 0.25) is 0 Å². The molecule has 1 aromatic rings. The molecule has 136 valence electrons. The Labute approximate surface area is 149 Å². The lowest BCUT2D eigenvalue weighted by molar-refractivity contribution is -0.133. The number of hydrogen-bond acceptors (Lipinski definition) is 5. The van der Waals surface area contributed by atoms with Crippen molar-refractivity contribution in [2.45, 2.75) is 31.8 Å². The Morgan fingerprint density at radius 2 is 2.00 bits per heavy atom. The van der Waals surface area contributed by atoms with Crippen molar-refractivity contribution >= 4 is 5.91 Å². The predicted octanol–water partition coefficient (Wildman–Crippen LogP) is 1.54. The summed E-state index contributed by atoms with van der Waals surface area (Å²) in [5.74, 6) is 1.84. The van der Waals surface area contributed by atoms with Crippen LogP contribution in [0, 0.1) is 0 Å². The van der Waals surface area contributed by atoms with E-state index < -0.39 is 0 Å². The monoisotopic (exact) mass is 345 g/mol. The molecule has 0 radical (unpaired) electrons. The van der Waals surface area contributed by atoms with Crippen LogP contribution in [0.1, 0.15) is 24.8 Å². The molecule has 1 saturated heterocycles. The molecule has 25 heavy (non-hydrogen) atoms. The number of nitrogens with zero attached hydrogens (tertiary/aromatic N) is 3. The Morgan fingerprint density at radius 3 is 2.84 bits per heavy atom. The molecule has 2 heterocycles. The minimum Gasteiger partial charge on any atom is -0.454 e. The van der Waals surface area contributed by atoms with Crippen molar-refractivity contribution in [3.63, 3.8) is 0 Å². The lowest BCUT2D eigenvalue weighted by atomic mass is 10.2. The van der Waals surface area contributed by atoms with Crippen molar-refractivity contribution in [2.24, 2.45) is 0 Å². The minimum absolute atomic E-state index is 0.254. The number of likely N-dealkylation sites (N-methyl/N-ethyl adjacent to an activating group) is 1. The average Bonchev–Trinajstić information content (AvgIpc) is 3.37. The SMILES string of the molecule is CN1CCCN(CC(=O)N(Cc2ccc3c(c2)OCO3)C2CC2)CC1. The summed E-state index contributed by atoms with van der Waals surface area (Å²) in [6.07, 6.45) is 3.38. The van der Waals surface area contributed by atoms with Gasteiger partial charge in [0, 0.05) is 25.7 Å². The first-order chi connectivity index (χ1) is 12.2. The van der Waals surface area contributed by atoms with Crippen LogP contribution in [0.3, 0.4) is 0 Å². The third-order valence-corrected chi connectivity index (χ3v) is 5.27. The largest absolute Gasteiger partial charge is 0.454 e. The normalized spacial score (nSPS) is 21.2. The van der Waals surface area contributed by atoms with Gasteiger partial charge >= 0.3 is 0 Å². The van der Waals surface area contributed by atoms with Gasteiger partial charge in [0.25, 0.3) is 0 Å². The van der Waals surface area contributed by atoms with E-state index >= 15 is 0 Å². The standard InChI is InChI=1S/C19H27N3O3/c1-20-7-2-8-21(10-9-20)13-19(23)22(16-4-5-16)12-15-3-6-17-18(11-15)25-14-24-17/h3,6,11,16H,2,4-5,7-10,12-14H2,1H3. The quantitative estimate of drug-likeness (QED) is 0.810. The molecule has 3 aliphatic rings. The maximum atomic E-state index is 12.9. The second-order valence-corrected chi connectivity index (χ2v) is 7.37. The van der Waals surface area contributed by atoms with Gasteiger partial charge in [0.15, 0.2) is 11.5 Å². The molecule has 0 spiro atoms. The van der Waals surface area contributed by atoms with Crippen LogP contribution in [0.25, 0.3) is 0 Å². The van der Waals surface area contributed by atoms with E-state index in [2.05, 4.69) is 21.7 Å². The highest BCUT2D eigenvalue weighted by Gasteiger charge is 2.33. The minimum atomic E-state index is 0.254. The van der Waals surface area contributed by atoms with Gasteiger partial charge in [-0.2, -0.15) is 0 Å². The molecule has 0 aromatic heterocycles. The highest BCUT2D eigenvalue weighted by atomic mass is 16.7. The zero-order valence-corrected chi connectivity index (χ0v) is 14.9. The van der Waals surface area contributed by atoms with Crippen molar-refractivity contribution < 1.29 is 14.3 Å². The van der Waals surface area contributed by atoms with Crippen LogP contribution in [0.4, 0.5) is 0 Å². The third-order valence-electron chi connectivity index (χ3n) is 5.27. The van der Waals surface area contributed by atoms with E-state index in [-0.39, 0.29) is 12.7 Å². The molecule has 6 nitrogen and oxygen atoms in total. The number of benzene rings is 1. The summed E-state index contributed by atoms with van der Waals surface area (Å²) in [5, 5.41) is 0. The van der Waals surface area contributed by atoms with Crippen molar-refractivity contribution in [3.8, 4) is 11.5 Å². The molecule has 1 saturated carbocycles. The fourth-order valence-corrected chi connectivity index (χ4v) is 3.58. The molecular weight excluding hydrogens is 318 g/mol. The number of ether oxygens (including phenoxy) is 2. The van der Waals surface area contributed by atoms with Crippen LogP contribution in [-0.4, -0.2) is 73.2 Å². The van der Waals surface area contributed by atoms with Crippen LogP contribution < -0.4 is 9.47 Å². The van der Waals surface area contributed by atoms with Gasteiger partial charge in [-0.3, -0.25) is 9.69 Å². The first-order valence-corrected chi connectivity index (χ1v) is 9.28. The van der Waals surface area contributed by atoms with Crippen molar-refractivity contribution in [1.29, 1.82) is 0 Å². The van der Waals surface area contributed by atoms with Crippen molar-refractivity contribution in [1.82, 2.24) is 14.7 Å². The third kappa shape index (κ3) is 4.07. The van der Waals surface area contributed by atoms with Crippen molar-refractivity contribution in [3.05, 3.63) is 23.8 Å². The van der Waals surface area contributed by atoms with E-state index in [0.29, 0.717) is 19.1 Å². The zero-order chi connectivity index (χ0) is 17.2. The second kappa shape index (κ2) is 7.22. The molecule has 2 aliphatic heterocycles. The number of hydrogen-bond donors (Lipinski definition) is 0. The zero-order valence-electron chi connectivity index (χ0n) is 14.9. The molecule has 4 rings (SSSR count). The molecule has 6 heteroatoms. The van der Waals surface area contributed by atoms with Crippen LogP contribution in [0.15, 0.2) is 18.2 Å². The number of carbonyl (C=O) groups is 1. The van der Waals surface area contributed by atoms with Crippen LogP contribution >= 0.6 is 0 Å². The smallest absolute Gasteiger partial charge is 0.237 e. The van der Waals surface area contributed by atoms with Gasteiger partial charge in [-0.15, -0.1) is 0 Å². The second-order valence-electron chi connectivity index (χ2n) is 7.37. The molecule has 0 atom stereocenters. The Kier molecular flexibility index (Phi) is 4.81. The summed E-state index contributed by atoms with van der Waals surface area (Å²) >= 11 is 0. The highest BCUT2D eigenvalue weighted by molar-refractivity contribution is 5.79. The number of fused-ring (bicyclic) bond motifs is 1. The van der Waals surface area contributed by atoms with E-state index in [9.17, 15) is 4.79 Å². The lowest BCUT2D eigenvalue weighted by Crippen LogP contribution is -2.42. The summed E-state index contributed by atoms with van der Waals surface area (Å²) in [7, 11) is 2.15. The molecule has 1 aromatic carbocycles. The summed E-state index contributed by atoms with van der Waals surface area (Å²) < 4.78 is 10.8. The summed E-state index contributed by atoms with van der Waals surface area (Å²) in [6.45, 7) is 5.63. The molecular formula is C19H27N3O3. The highest BCUT2D eigenvalue weighted by Crippen LogP contribution is 2.34. The molecule has 1 amide bonds. The van der Waals surface area contributed by atoms with Crippen molar-refractivity contribution in [2.75, 3.05) is 46.6 Å². The summed E-state index contributed by atoms with van der Waals surface area (Å²) in [4.78, 5) is 19.7. The summed E-state index contributed by atoms with van der Waals surface area (Å²) in [5.41, 5.74) is 1.11. The van der Waals surface area contributed by atoms with Gasteiger partial charge in [0.05, 0.1) is 6.54 Å². The first-order valence-electron chi connectivity index (χ1n) is 9.28. The average molecular weight is 345 g/mol. The summed E-state index contributed by atoms with van der Waals surface area (Å²) in [6, 6.07) is 6.40. The molecule has 1 aliphatic carbocycles. The van der Waals surface area contributed by atoms with E-state index in [0.717, 1.165) is 62.5 Å². The Bertz CT molecular complexity index is 632. The Morgan fingerprint density at radius 1 is 1.16 bits per heavy atom. The number of amides is 1. The fraction of sp³-hybridized carbons (Fsp3) is 0.632. The molecule has 0 bridgehead atoms. The van der Waals surface area contributed by atoms with E-state index in [1.807, 2.05) is 18.2 Å². The van der Waals surface area contributed by atoms with Gasteiger partial charge < -0.3 is 19.3 Å². The van der Waals surface area contributed by atoms with Gasteiger partial charge in [0.2, 0.25) is 12.7 Å². The lowest BCUT2D eigenvalue weighted by Gasteiger charge is -2.27. The maximum Gasteiger partial charge on any atom is 0.237 e. The van der Waals surface area contributed by atoms with Gasteiger partial charge in [0.1, 0.15) is 0 Å². The molecule has 0 unspecified atom stereocenters. The number of carbonyl (C=O) groups excluding carboxylic acids is 1. The molecule has 0 N–H and O–H groups in total. The Hall–Kier alpha value is -1.79. The van der Waals surface area contributed by atoms with Gasteiger partial charge in [-0.25, -0.2) is 0 Å². The number of rotatable bonds is 5. The predicted molar refractivity (Wildman–Crippen MR) is 94.7 cm³/mol. The van der Waals surface area contributed by atoms with Gasteiger partial charge in [-0.1, -0.05) is 6.07 Å². The maximum absolute atomic E-state index is 12.9. The van der Waals surface area contributed by atoms with E-state index in [1.54, 1.807) is 0 Å².